The first-order valence-electron chi connectivity index (χ1n) is 11.7. The highest BCUT2D eigenvalue weighted by Gasteiger charge is 2.46. The Morgan fingerprint density at radius 2 is 1.69 bits per heavy atom. The van der Waals surface area contributed by atoms with Crippen molar-refractivity contribution in [2.45, 2.75) is 52.2 Å². The number of aliphatic hydroxyl groups is 1. The van der Waals surface area contributed by atoms with Crippen LogP contribution in [0.2, 0.25) is 0 Å². The molecule has 7 heteroatoms. The molecule has 188 valence electrons. The number of likely N-dealkylation sites (tertiary alicyclic amines) is 1. The minimum atomic E-state index is -0.778. The van der Waals surface area contributed by atoms with Gasteiger partial charge in [-0.1, -0.05) is 39.0 Å². The molecule has 1 aliphatic heterocycles. The number of ketones is 1. The molecule has 35 heavy (non-hydrogen) atoms. The Labute approximate surface area is 207 Å². The number of carbonyl (C=O) groups is 2. The third kappa shape index (κ3) is 5.51. The molecule has 3 rings (SSSR count). The third-order valence-electron chi connectivity index (χ3n) is 6.08. The number of Topliss-reactive ketones (excluding diaryl/α,β-unsaturated/α-hetero) is 1. The summed E-state index contributed by atoms with van der Waals surface area (Å²) in [7, 11) is 3.07. The van der Waals surface area contributed by atoms with Gasteiger partial charge < -0.3 is 24.2 Å². The zero-order valence-electron chi connectivity index (χ0n) is 21.5. The van der Waals surface area contributed by atoms with Crippen LogP contribution in [0.5, 0.6) is 11.5 Å². The van der Waals surface area contributed by atoms with Crippen molar-refractivity contribution in [1.82, 2.24) is 4.90 Å². The quantitative estimate of drug-likeness (QED) is 0.330. The molecule has 1 aliphatic rings. The van der Waals surface area contributed by atoms with Crippen LogP contribution in [0, 0.1) is 0 Å². The molecule has 0 bridgehead atoms. The van der Waals surface area contributed by atoms with Crippen LogP contribution < -0.4 is 9.47 Å². The lowest BCUT2D eigenvalue weighted by atomic mass is 9.85. The van der Waals surface area contributed by atoms with Gasteiger partial charge in [-0.05, 0) is 54.7 Å². The summed E-state index contributed by atoms with van der Waals surface area (Å²) in [6.07, 6.45) is -0.0179. The van der Waals surface area contributed by atoms with Gasteiger partial charge in [-0.3, -0.25) is 9.59 Å². The molecule has 0 saturated carbocycles. The molecule has 1 fully saturated rings. The van der Waals surface area contributed by atoms with Crippen molar-refractivity contribution in [2.24, 2.45) is 0 Å². The fourth-order valence-corrected chi connectivity index (χ4v) is 4.13. The molecule has 0 spiro atoms. The second-order valence-electron chi connectivity index (χ2n) is 9.85. The Bertz CT molecular complexity index is 1110. The van der Waals surface area contributed by atoms with Crippen LogP contribution in [-0.2, 0) is 19.7 Å². The summed E-state index contributed by atoms with van der Waals surface area (Å²) in [4.78, 5) is 27.9. The number of hydrogen-bond acceptors (Lipinski definition) is 6. The Balaban J connectivity index is 2.19. The van der Waals surface area contributed by atoms with E-state index in [1.54, 1.807) is 37.4 Å². The molecular formula is C28H35NO6. The predicted molar refractivity (Wildman–Crippen MR) is 135 cm³/mol. The summed E-state index contributed by atoms with van der Waals surface area (Å²) in [5, 5.41) is 11.5. The molecule has 2 aromatic rings. The van der Waals surface area contributed by atoms with E-state index in [0.29, 0.717) is 22.6 Å². The summed E-state index contributed by atoms with van der Waals surface area (Å²) < 4.78 is 16.4. The van der Waals surface area contributed by atoms with Gasteiger partial charge in [-0.25, -0.2) is 0 Å². The van der Waals surface area contributed by atoms with Crippen molar-refractivity contribution in [3.05, 3.63) is 64.7 Å². The fourth-order valence-electron chi connectivity index (χ4n) is 4.13. The highest BCUT2D eigenvalue weighted by molar-refractivity contribution is 6.46. The fraction of sp³-hybridized carbons (Fsp3) is 0.429. The third-order valence-corrected chi connectivity index (χ3v) is 6.08. The van der Waals surface area contributed by atoms with E-state index in [1.807, 2.05) is 26.0 Å². The van der Waals surface area contributed by atoms with E-state index in [1.165, 1.54) is 12.0 Å². The van der Waals surface area contributed by atoms with Crippen LogP contribution in [0.1, 0.15) is 57.4 Å². The zero-order chi connectivity index (χ0) is 25.9. The van der Waals surface area contributed by atoms with E-state index >= 15 is 0 Å². The van der Waals surface area contributed by atoms with Crippen molar-refractivity contribution in [2.75, 3.05) is 27.4 Å². The van der Waals surface area contributed by atoms with E-state index in [0.717, 1.165) is 5.56 Å². The lowest BCUT2D eigenvalue weighted by Gasteiger charge is -2.26. The number of aliphatic hydroxyl groups excluding tert-OH is 1. The smallest absolute Gasteiger partial charge is 0.295 e. The van der Waals surface area contributed by atoms with Crippen molar-refractivity contribution in [3.8, 4) is 11.5 Å². The SMILES string of the molecule is COc1ccc(C2/C(=C(\O)c3cc(C(C)(C)C)ccc3OC)C(=O)C(=O)N2CCOC(C)C)cc1. The van der Waals surface area contributed by atoms with Gasteiger partial charge in [0.15, 0.2) is 0 Å². The number of hydrogen-bond donors (Lipinski definition) is 1. The minimum absolute atomic E-state index is 0.0179. The van der Waals surface area contributed by atoms with Gasteiger partial charge in [0.2, 0.25) is 0 Å². The maximum atomic E-state index is 13.3. The zero-order valence-corrected chi connectivity index (χ0v) is 21.5. The molecule has 1 unspecified atom stereocenters. The molecule has 7 nitrogen and oxygen atoms in total. The molecular weight excluding hydrogens is 446 g/mol. The van der Waals surface area contributed by atoms with Crippen LogP contribution in [0.25, 0.3) is 5.76 Å². The van der Waals surface area contributed by atoms with E-state index in [-0.39, 0.29) is 36.0 Å². The first kappa shape index (κ1) is 26.3. The summed E-state index contributed by atoms with van der Waals surface area (Å²) in [5.74, 6) is -0.618. The Morgan fingerprint density at radius 3 is 2.23 bits per heavy atom. The largest absolute Gasteiger partial charge is 0.507 e. The Hall–Kier alpha value is -3.32. The topological polar surface area (TPSA) is 85.3 Å². The Morgan fingerprint density at radius 1 is 1.03 bits per heavy atom. The van der Waals surface area contributed by atoms with Crippen molar-refractivity contribution >= 4 is 17.4 Å². The molecule has 1 N–H and O–H groups in total. The van der Waals surface area contributed by atoms with Gasteiger partial charge in [0.25, 0.3) is 11.7 Å². The lowest BCUT2D eigenvalue weighted by molar-refractivity contribution is -0.140. The number of nitrogens with zero attached hydrogens (tertiary/aromatic N) is 1. The summed E-state index contributed by atoms with van der Waals surface area (Å²) in [6, 6.07) is 11.8. The van der Waals surface area contributed by atoms with Gasteiger partial charge in [0.1, 0.15) is 17.3 Å². The predicted octanol–water partition coefficient (Wildman–Crippen LogP) is 4.85. The average molecular weight is 482 g/mol. The average Bonchev–Trinajstić information content (AvgIpc) is 3.07. The summed E-state index contributed by atoms with van der Waals surface area (Å²) in [6.45, 7) is 10.5. The van der Waals surface area contributed by atoms with Crippen LogP contribution in [0.15, 0.2) is 48.0 Å². The first-order valence-corrected chi connectivity index (χ1v) is 11.7. The maximum Gasteiger partial charge on any atom is 0.295 e. The van der Waals surface area contributed by atoms with Crippen LogP contribution >= 0.6 is 0 Å². The van der Waals surface area contributed by atoms with Gasteiger partial charge in [-0.15, -0.1) is 0 Å². The number of ether oxygens (including phenoxy) is 3. The molecule has 1 heterocycles. The lowest BCUT2D eigenvalue weighted by Crippen LogP contribution is -2.33. The molecule has 1 atom stereocenters. The highest BCUT2D eigenvalue weighted by Crippen LogP contribution is 2.42. The summed E-state index contributed by atoms with van der Waals surface area (Å²) in [5.41, 5.74) is 1.84. The minimum Gasteiger partial charge on any atom is -0.507 e. The van der Waals surface area contributed by atoms with Gasteiger partial charge in [0.05, 0.1) is 44.1 Å². The maximum absolute atomic E-state index is 13.3. The highest BCUT2D eigenvalue weighted by atomic mass is 16.5. The number of methoxy groups -OCH3 is 2. The normalized spacial score (nSPS) is 17.8. The first-order chi connectivity index (χ1) is 16.5. The van der Waals surface area contributed by atoms with Crippen molar-refractivity contribution < 1.29 is 28.9 Å². The van der Waals surface area contributed by atoms with E-state index in [4.69, 9.17) is 14.2 Å². The van der Waals surface area contributed by atoms with Gasteiger partial charge in [0, 0.05) is 6.54 Å². The van der Waals surface area contributed by atoms with E-state index in [9.17, 15) is 14.7 Å². The molecule has 2 aromatic carbocycles. The standard InChI is InChI=1S/C28H35NO6/c1-17(2)35-15-14-29-24(18-8-11-20(33-6)12-9-18)23(26(31)27(29)32)25(30)21-16-19(28(3,4)5)10-13-22(21)34-7/h8-13,16-17,24,30H,14-15H2,1-7H3/b25-23+. The van der Waals surface area contributed by atoms with Gasteiger partial charge >= 0.3 is 0 Å². The summed E-state index contributed by atoms with van der Waals surface area (Å²) >= 11 is 0. The molecule has 0 radical (unpaired) electrons. The number of benzene rings is 2. The number of amides is 1. The van der Waals surface area contributed by atoms with Crippen LogP contribution in [0.3, 0.4) is 0 Å². The Kier molecular flexibility index (Phi) is 7.90. The van der Waals surface area contributed by atoms with Gasteiger partial charge in [-0.2, -0.15) is 0 Å². The molecule has 1 saturated heterocycles. The van der Waals surface area contributed by atoms with Crippen LogP contribution in [-0.4, -0.2) is 55.2 Å². The second kappa shape index (κ2) is 10.5. The molecule has 1 amide bonds. The number of carbonyl (C=O) groups excluding carboxylic acids is 2. The van der Waals surface area contributed by atoms with Crippen molar-refractivity contribution in [3.63, 3.8) is 0 Å². The van der Waals surface area contributed by atoms with Crippen LogP contribution in [0.4, 0.5) is 0 Å². The molecule has 0 aromatic heterocycles. The second-order valence-corrected chi connectivity index (χ2v) is 9.85. The monoisotopic (exact) mass is 481 g/mol. The van der Waals surface area contributed by atoms with E-state index in [2.05, 4.69) is 20.8 Å². The van der Waals surface area contributed by atoms with E-state index < -0.39 is 17.7 Å². The van der Waals surface area contributed by atoms with Crippen molar-refractivity contribution in [1.29, 1.82) is 0 Å². The molecule has 0 aliphatic carbocycles. The number of rotatable bonds is 8.